The Hall–Kier alpha value is -3.53. The van der Waals surface area contributed by atoms with Gasteiger partial charge in [-0.3, -0.25) is 28.9 Å². The van der Waals surface area contributed by atoms with Crippen molar-refractivity contribution in [1.82, 2.24) is 20.9 Å². The molecule has 1 aromatic rings. The average molecular weight is 458 g/mol. The summed E-state index contributed by atoms with van der Waals surface area (Å²) in [6.45, 7) is 5.72. The van der Waals surface area contributed by atoms with E-state index in [1.165, 1.54) is 0 Å². The molecule has 1 unspecified atom stereocenters. The molecule has 1 aromatic carbocycles. The molecule has 0 saturated carbocycles. The lowest BCUT2D eigenvalue weighted by atomic mass is 10.0. The molecule has 10 nitrogen and oxygen atoms in total. The first-order chi connectivity index (χ1) is 15.6. The van der Waals surface area contributed by atoms with Crippen LogP contribution in [0.3, 0.4) is 0 Å². The van der Waals surface area contributed by atoms with Crippen LogP contribution in [0.5, 0.6) is 0 Å². The number of benzene rings is 1. The highest BCUT2D eigenvalue weighted by molar-refractivity contribution is 6.13. The Kier molecular flexibility index (Phi) is 9.29. The number of amides is 5. The molecule has 0 aliphatic carbocycles. The van der Waals surface area contributed by atoms with Gasteiger partial charge in [0.25, 0.3) is 11.8 Å². The largest absolute Gasteiger partial charge is 0.344 e. The smallest absolute Gasteiger partial charge is 0.253 e. The van der Waals surface area contributed by atoms with Crippen LogP contribution < -0.4 is 21.3 Å². The number of nitrogens with zero attached hydrogens (tertiary/aromatic N) is 1. The average Bonchev–Trinajstić information content (AvgIpc) is 3.08. The second kappa shape index (κ2) is 11.9. The van der Waals surface area contributed by atoms with Crippen LogP contribution in [0, 0.1) is 5.92 Å². The van der Waals surface area contributed by atoms with Gasteiger partial charge in [0, 0.05) is 37.3 Å². The van der Waals surface area contributed by atoms with Crippen molar-refractivity contribution in [2.24, 2.45) is 5.92 Å². The Morgan fingerprint density at radius 2 is 1.52 bits per heavy atom. The minimum atomic E-state index is -0.878. The SMILES string of the molecule is CNCc1ccc(NC(=O)[C@H](C)NC(=O)C(NC(=O)CCN2C(=O)C=CC2=O)C(C)C)cc1. The van der Waals surface area contributed by atoms with Crippen LogP contribution in [0.25, 0.3) is 0 Å². The van der Waals surface area contributed by atoms with Gasteiger partial charge in [-0.05, 0) is 37.6 Å². The first-order valence-corrected chi connectivity index (χ1v) is 10.8. The molecule has 0 aromatic heterocycles. The van der Waals surface area contributed by atoms with E-state index in [-0.39, 0.29) is 18.9 Å². The third-order valence-electron chi connectivity index (χ3n) is 5.08. The Labute approximate surface area is 193 Å². The number of carbonyl (C=O) groups excluding carboxylic acids is 5. The van der Waals surface area contributed by atoms with Gasteiger partial charge in [-0.25, -0.2) is 0 Å². The lowest BCUT2D eigenvalue weighted by molar-refractivity contribution is -0.137. The van der Waals surface area contributed by atoms with Gasteiger partial charge in [-0.1, -0.05) is 26.0 Å². The van der Waals surface area contributed by atoms with Crippen molar-refractivity contribution in [3.63, 3.8) is 0 Å². The number of rotatable bonds is 11. The number of hydrogen-bond donors (Lipinski definition) is 4. The van der Waals surface area contributed by atoms with Crippen molar-refractivity contribution in [3.05, 3.63) is 42.0 Å². The molecule has 2 atom stereocenters. The first kappa shape index (κ1) is 25.7. The minimum absolute atomic E-state index is 0.0746. The van der Waals surface area contributed by atoms with Gasteiger partial charge >= 0.3 is 0 Å². The molecule has 0 fully saturated rings. The standard InChI is InChI=1S/C23H31N5O5/c1-14(2)21(27-18(29)11-12-28-19(30)9-10-20(28)31)23(33)25-15(3)22(32)26-17-7-5-16(6-8-17)13-24-4/h5-10,14-15,21,24H,11-13H2,1-4H3,(H,25,33)(H,26,32)(H,27,29)/t15-,21?/m0/s1. The molecule has 0 saturated heterocycles. The third kappa shape index (κ3) is 7.53. The van der Waals surface area contributed by atoms with Gasteiger partial charge in [0.2, 0.25) is 17.7 Å². The molecular weight excluding hydrogens is 426 g/mol. The zero-order valence-electron chi connectivity index (χ0n) is 19.3. The Morgan fingerprint density at radius 3 is 2.06 bits per heavy atom. The predicted octanol–water partition coefficient (Wildman–Crippen LogP) is 0.305. The third-order valence-corrected chi connectivity index (χ3v) is 5.08. The highest BCUT2D eigenvalue weighted by atomic mass is 16.2. The molecule has 0 bridgehead atoms. The molecule has 4 N–H and O–H groups in total. The van der Waals surface area contributed by atoms with Crippen LogP contribution in [0.4, 0.5) is 5.69 Å². The van der Waals surface area contributed by atoms with Crippen LogP contribution in [0.1, 0.15) is 32.8 Å². The van der Waals surface area contributed by atoms with E-state index in [4.69, 9.17) is 0 Å². The van der Waals surface area contributed by atoms with Gasteiger partial charge in [0.05, 0.1) is 0 Å². The van der Waals surface area contributed by atoms with E-state index in [1.807, 2.05) is 19.2 Å². The topological polar surface area (TPSA) is 137 Å². The van der Waals surface area contributed by atoms with Gasteiger partial charge < -0.3 is 21.3 Å². The summed E-state index contributed by atoms with van der Waals surface area (Å²) in [4.78, 5) is 61.7. The van der Waals surface area contributed by atoms with Crippen molar-refractivity contribution in [1.29, 1.82) is 0 Å². The van der Waals surface area contributed by atoms with Crippen LogP contribution in [0.2, 0.25) is 0 Å². The quantitative estimate of drug-likeness (QED) is 0.353. The fraction of sp³-hybridized carbons (Fsp3) is 0.435. The van der Waals surface area contributed by atoms with Gasteiger partial charge in [0.15, 0.2) is 0 Å². The monoisotopic (exact) mass is 457 g/mol. The number of carbonyl (C=O) groups is 5. The lowest BCUT2D eigenvalue weighted by Crippen LogP contribution is -2.54. The molecule has 10 heteroatoms. The molecule has 0 spiro atoms. The second-order valence-electron chi connectivity index (χ2n) is 8.15. The van der Waals surface area contributed by atoms with Crippen LogP contribution in [-0.2, 0) is 30.5 Å². The summed E-state index contributed by atoms with van der Waals surface area (Å²) >= 11 is 0. The molecule has 2 rings (SSSR count). The van der Waals surface area contributed by atoms with E-state index < -0.39 is 41.6 Å². The van der Waals surface area contributed by atoms with E-state index in [0.717, 1.165) is 22.6 Å². The summed E-state index contributed by atoms with van der Waals surface area (Å²) in [5, 5.41) is 11.0. The molecular formula is C23H31N5O5. The number of nitrogens with one attached hydrogen (secondary N) is 4. The van der Waals surface area contributed by atoms with Gasteiger partial charge in [-0.15, -0.1) is 0 Å². The van der Waals surface area contributed by atoms with Gasteiger partial charge in [-0.2, -0.15) is 0 Å². The normalized spacial score (nSPS) is 14.9. The summed E-state index contributed by atoms with van der Waals surface area (Å²) in [5.41, 5.74) is 1.68. The first-order valence-electron chi connectivity index (χ1n) is 10.8. The predicted molar refractivity (Wildman–Crippen MR) is 123 cm³/mol. The fourth-order valence-corrected chi connectivity index (χ4v) is 3.17. The van der Waals surface area contributed by atoms with Crippen molar-refractivity contribution < 1.29 is 24.0 Å². The van der Waals surface area contributed by atoms with E-state index in [2.05, 4.69) is 21.3 Å². The Balaban J connectivity index is 1.87. The Bertz CT molecular complexity index is 908. The highest BCUT2D eigenvalue weighted by Gasteiger charge is 2.28. The number of anilines is 1. The van der Waals surface area contributed by atoms with Crippen molar-refractivity contribution in [2.75, 3.05) is 18.9 Å². The zero-order chi connectivity index (χ0) is 24.5. The van der Waals surface area contributed by atoms with Crippen LogP contribution in [0.15, 0.2) is 36.4 Å². The molecule has 1 aliphatic rings. The summed E-state index contributed by atoms with van der Waals surface area (Å²) < 4.78 is 0. The maximum Gasteiger partial charge on any atom is 0.253 e. The van der Waals surface area contributed by atoms with E-state index >= 15 is 0 Å². The van der Waals surface area contributed by atoms with Crippen LogP contribution in [-0.4, -0.2) is 60.1 Å². The number of imide groups is 1. The molecule has 1 heterocycles. The molecule has 178 valence electrons. The second-order valence-corrected chi connectivity index (χ2v) is 8.15. The molecule has 0 radical (unpaired) electrons. The summed E-state index contributed by atoms with van der Waals surface area (Å²) in [6.07, 6.45) is 2.16. The number of hydrogen-bond acceptors (Lipinski definition) is 6. The Morgan fingerprint density at radius 1 is 0.909 bits per heavy atom. The maximum absolute atomic E-state index is 12.7. The summed E-state index contributed by atoms with van der Waals surface area (Å²) in [5.74, 6) is -2.56. The minimum Gasteiger partial charge on any atom is -0.344 e. The molecule has 5 amide bonds. The summed E-state index contributed by atoms with van der Waals surface area (Å²) in [6, 6.07) is 5.62. The maximum atomic E-state index is 12.7. The summed E-state index contributed by atoms with van der Waals surface area (Å²) in [7, 11) is 1.85. The van der Waals surface area contributed by atoms with Gasteiger partial charge in [0.1, 0.15) is 12.1 Å². The van der Waals surface area contributed by atoms with E-state index in [0.29, 0.717) is 12.2 Å². The van der Waals surface area contributed by atoms with Crippen molar-refractivity contribution in [2.45, 2.75) is 45.8 Å². The van der Waals surface area contributed by atoms with Crippen LogP contribution >= 0.6 is 0 Å². The zero-order valence-corrected chi connectivity index (χ0v) is 19.3. The van der Waals surface area contributed by atoms with Crippen molar-refractivity contribution >= 4 is 35.2 Å². The fourth-order valence-electron chi connectivity index (χ4n) is 3.17. The lowest BCUT2D eigenvalue weighted by Gasteiger charge is -2.24. The van der Waals surface area contributed by atoms with E-state index in [1.54, 1.807) is 32.9 Å². The molecule has 1 aliphatic heterocycles. The van der Waals surface area contributed by atoms with Crippen molar-refractivity contribution in [3.8, 4) is 0 Å². The molecule has 33 heavy (non-hydrogen) atoms. The highest BCUT2D eigenvalue weighted by Crippen LogP contribution is 2.10. The van der Waals surface area contributed by atoms with E-state index in [9.17, 15) is 24.0 Å².